The van der Waals surface area contributed by atoms with Gasteiger partial charge in [-0.05, 0) is 6.07 Å². The van der Waals surface area contributed by atoms with Crippen LogP contribution in [0.5, 0.6) is 0 Å². The van der Waals surface area contributed by atoms with Crippen molar-refractivity contribution in [2.24, 2.45) is 0 Å². The second-order valence-electron chi connectivity index (χ2n) is 4.42. The number of nitro groups is 1. The maximum Gasteiger partial charge on any atom is 0.324 e. The van der Waals surface area contributed by atoms with Crippen molar-refractivity contribution in [2.75, 3.05) is 26.8 Å². The van der Waals surface area contributed by atoms with E-state index in [-0.39, 0.29) is 23.9 Å². The number of carbonyl (C=O) groups excluding carboxylic acids is 2. The number of ether oxygens (including phenoxy) is 2. The zero-order chi connectivity index (χ0) is 15.4. The second-order valence-corrected chi connectivity index (χ2v) is 5.48. The van der Waals surface area contributed by atoms with Crippen LogP contribution in [0.3, 0.4) is 0 Å². The average molecular weight is 314 g/mol. The lowest BCUT2D eigenvalue weighted by Crippen LogP contribution is -2.46. The third-order valence-corrected chi connectivity index (χ3v) is 4.06. The minimum Gasteiger partial charge on any atom is -0.469 e. The molecule has 0 radical (unpaired) electrons. The lowest BCUT2D eigenvalue weighted by Gasteiger charge is -2.32. The number of nitrogens with zero attached hydrogens (tertiary/aromatic N) is 2. The fourth-order valence-electron chi connectivity index (χ4n) is 1.99. The maximum absolute atomic E-state index is 12.3. The Bertz CT molecular complexity index is 558. The van der Waals surface area contributed by atoms with Gasteiger partial charge in [0, 0.05) is 19.2 Å². The summed E-state index contributed by atoms with van der Waals surface area (Å²) in [4.78, 5) is 35.5. The average Bonchev–Trinajstić information content (AvgIpc) is 2.96. The summed E-state index contributed by atoms with van der Waals surface area (Å²) >= 11 is 0.840. The summed E-state index contributed by atoms with van der Waals surface area (Å²) in [7, 11) is 1.29. The lowest BCUT2D eigenvalue weighted by atomic mass is 10.2. The van der Waals surface area contributed by atoms with Crippen molar-refractivity contribution in [1.82, 2.24) is 4.90 Å². The highest BCUT2D eigenvalue weighted by molar-refractivity contribution is 7.17. The number of thiophene rings is 1. The number of hydrogen-bond donors (Lipinski definition) is 0. The van der Waals surface area contributed by atoms with Crippen LogP contribution in [0.25, 0.3) is 0 Å². The van der Waals surface area contributed by atoms with Gasteiger partial charge in [0.2, 0.25) is 0 Å². The molecule has 0 aromatic carbocycles. The zero-order valence-corrected chi connectivity index (χ0v) is 12.1. The van der Waals surface area contributed by atoms with Crippen LogP contribution in [-0.2, 0) is 14.3 Å². The molecule has 0 spiro atoms. The van der Waals surface area contributed by atoms with Crippen LogP contribution in [0.1, 0.15) is 16.1 Å². The highest BCUT2D eigenvalue weighted by Gasteiger charge is 2.28. The van der Waals surface area contributed by atoms with E-state index in [0.717, 1.165) is 11.3 Å². The molecule has 0 saturated carbocycles. The van der Waals surface area contributed by atoms with Crippen LogP contribution in [0.4, 0.5) is 5.00 Å². The summed E-state index contributed by atoms with van der Waals surface area (Å²) in [6.07, 6.45) is -0.338. The molecule has 2 heterocycles. The highest BCUT2D eigenvalue weighted by Crippen LogP contribution is 2.25. The van der Waals surface area contributed by atoms with Crippen molar-refractivity contribution < 1.29 is 24.0 Å². The van der Waals surface area contributed by atoms with Crippen LogP contribution in [-0.4, -0.2) is 54.6 Å². The fourth-order valence-corrected chi connectivity index (χ4v) is 2.78. The topological polar surface area (TPSA) is 99.0 Å². The van der Waals surface area contributed by atoms with E-state index >= 15 is 0 Å². The number of methoxy groups -OCH3 is 1. The Morgan fingerprint density at radius 1 is 1.57 bits per heavy atom. The first kappa shape index (κ1) is 15.4. The van der Waals surface area contributed by atoms with E-state index in [9.17, 15) is 19.7 Å². The van der Waals surface area contributed by atoms with Gasteiger partial charge in [-0.15, -0.1) is 0 Å². The Kier molecular flexibility index (Phi) is 4.86. The molecule has 1 atom stereocenters. The molecule has 1 saturated heterocycles. The molecule has 1 fully saturated rings. The smallest absolute Gasteiger partial charge is 0.324 e. The summed E-state index contributed by atoms with van der Waals surface area (Å²) < 4.78 is 9.98. The van der Waals surface area contributed by atoms with E-state index in [2.05, 4.69) is 4.74 Å². The minimum absolute atomic E-state index is 0.0716. The first-order valence-electron chi connectivity index (χ1n) is 6.23. The van der Waals surface area contributed by atoms with Crippen molar-refractivity contribution in [3.63, 3.8) is 0 Å². The van der Waals surface area contributed by atoms with E-state index in [4.69, 9.17) is 4.74 Å². The largest absolute Gasteiger partial charge is 0.469 e. The molecular weight excluding hydrogens is 300 g/mol. The van der Waals surface area contributed by atoms with Crippen LogP contribution < -0.4 is 0 Å². The molecule has 0 aliphatic carbocycles. The molecule has 114 valence electrons. The summed E-state index contributed by atoms with van der Waals surface area (Å²) in [6.45, 7) is 0.975. The van der Waals surface area contributed by atoms with Gasteiger partial charge in [-0.25, -0.2) is 0 Å². The Hall–Kier alpha value is -2.00. The third kappa shape index (κ3) is 3.76. The standard InChI is InChI=1S/C12H14N2O6S/c1-19-11(15)6-8-7-13(4-5-20-8)12(16)9-2-3-10(21-9)14(17)18/h2-3,8H,4-7H2,1H3. The summed E-state index contributed by atoms with van der Waals surface area (Å²) in [6, 6.07) is 2.75. The van der Waals surface area contributed by atoms with Crippen molar-refractivity contribution in [3.8, 4) is 0 Å². The van der Waals surface area contributed by atoms with Crippen LogP contribution >= 0.6 is 11.3 Å². The van der Waals surface area contributed by atoms with Gasteiger partial charge < -0.3 is 14.4 Å². The maximum atomic E-state index is 12.3. The van der Waals surface area contributed by atoms with Crippen LogP contribution in [0.2, 0.25) is 0 Å². The van der Waals surface area contributed by atoms with Crippen molar-refractivity contribution in [1.29, 1.82) is 0 Å². The molecule has 1 aromatic rings. The van der Waals surface area contributed by atoms with E-state index in [0.29, 0.717) is 18.0 Å². The number of hydrogen-bond acceptors (Lipinski definition) is 7. The van der Waals surface area contributed by atoms with E-state index in [1.807, 2.05) is 0 Å². The predicted molar refractivity (Wildman–Crippen MR) is 73.2 cm³/mol. The molecule has 1 amide bonds. The fraction of sp³-hybridized carbons (Fsp3) is 0.500. The molecule has 0 bridgehead atoms. The minimum atomic E-state index is -0.527. The first-order chi connectivity index (χ1) is 10.0. The Morgan fingerprint density at radius 2 is 2.33 bits per heavy atom. The normalized spacial score (nSPS) is 18.3. The van der Waals surface area contributed by atoms with E-state index in [1.54, 1.807) is 0 Å². The van der Waals surface area contributed by atoms with Gasteiger partial charge in [-0.1, -0.05) is 11.3 Å². The van der Waals surface area contributed by atoms with Crippen molar-refractivity contribution in [2.45, 2.75) is 12.5 Å². The molecule has 1 unspecified atom stereocenters. The summed E-state index contributed by atoms with van der Waals surface area (Å²) in [5.74, 6) is -0.688. The molecule has 21 heavy (non-hydrogen) atoms. The van der Waals surface area contributed by atoms with Gasteiger partial charge in [-0.2, -0.15) is 0 Å². The first-order valence-corrected chi connectivity index (χ1v) is 7.05. The molecule has 1 aliphatic heterocycles. The number of morpholine rings is 1. The summed E-state index contributed by atoms with van der Waals surface area (Å²) in [5.41, 5.74) is 0. The van der Waals surface area contributed by atoms with Crippen LogP contribution in [0.15, 0.2) is 12.1 Å². The highest BCUT2D eigenvalue weighted by atomic mass is 32.1. The lowest BCUT2D eigenvalue weighted by molar-refractivity contribution is -0.380. The van der Waals surface area contributed by atoms with Gasteiger partial charge in [0.25, 0.3) is 5.91 Å². The SMILES string of the molecule is COC(=O)CC1CN(C(=O)c2ccc([N+](=O)[O-])s2)CCO1. The Balaban J connectivity index is 2.01. The molecule has 9 heteroatoms. The number of esters is 1. The molecule has 1 aliphatic rings. The third-order valence-electron chi connectivity index (χ3n) is 3.03. The molecule has 0 N–H and O–H groups in total. The van der Waals surface area contributed by atoms with Gasteiger partial charge in [0.1, 0.15) is 0 Å². The van der Waals surface area contributed by atoms with Gasteiger partial charge in [0.05, 0.1) is 36.0 Å². The van der Waals surface area contributed by atoms with E-state index in [1.165, 1.54) is 24.1 Å². The number of amides is 1. The number of carbonyl (C=O) groups is 2. The van der Waals surface area contributed by atoms with Gasteiger partial charge in [-0.3, -0.25) is 19.7 Å². The van der Waals surface area contributed by atoms with Crippen molar-refractivity contribution >= 4 is 28.2 Å². The summed E-state index contributed by atoms with van der Waals surface area (Å²) in [5, 5.41) is 10.6. The van der Waals surface area contributed by atoms with Gasteiger partial charge >= 0.3 is 11.0 Å². The van der Waals surface area contributed by atoms with Crippen LogP contribution in [0, 0.1) is 10.1 Å². The predicted octanol–water partition coefficient (Wildman–Crippen LogP) is 1.06. The molecule has 2 rings (SSSR count). The van der Waals surface area contributed by atoms with Gasteiger partial charge in [0.15, 0.2) is 0 Å². The number of rotatable bonds is 4. The molecule has 1 aromatic heterocycles. The zero-order valence-electron chi connectivity index (χ0n) is 11.3. The Labute approximate surface area is 124 Å². The molecule has 8 nitrogen and oxygen atoms in total. The quantitative estimate of drug-likeness (QED) is 0.468. The Morgan fingerprint density at radius 3 is 2.95 bits per heavy atom. The van der Waals surface area contributed by atoms with Crippen molar-refractivity contribution in [3.05, 3.63) is 27.1 Å². The van der Waals surface area contributed by atoms with E-state index < -0.39 is 17.0 Å². The monoisotopic (exact) mass is 314 g/mol. The molecular formula is C12H14N2O6S. The second kappa shape index (κ2) is 6.64.